The zero-order valence-corrected chi connectivity index (χ0v) is 21.4. The summed E-state index contributed by atoms with van der Waals surface area (Å²) in [7, 11) is 0. The molecule has 2 aromatic heterocycles. The number of aromatic nitrogens is 4. The average Bonchev–Trinajstić information content (AvgIpc) is 2.93. The monoisotopic (exact) mass is 551 g/mol. The number of aliphatic carboxylic acids is 1. The molecule has 0 saturated carbocycles. The molecule has 0 unspecified atom stereocenters. The summed E-state index contributed by atoms with van der Waals surface area (Å²) in [5, 5.41) is 17.3. The summed E-state index contributed by atoms with van der Waals surface area (Å²) >= 11 is 0. The number of rotatable bonds is 13. The normalized spacial score (nSPS) is 11.2. The molecule has 9 N–H and O–H groups in total. The molecule has 0 aliphatic rings. The minimum atomic E-state index is -1.35. The zero-order chi connectivity index (χ0) is 28.9. The Balaban J connectivity index is 1.54. The second-order valence-electron chi connectivity index (χ2n) is 8.31. The lowest BCUT2D eigenvalue weighted by Crippen LogP contribution is -2.36. The highest BCUT2D eigenvalue weighted by atomic mass is 16.5. The Morgan fingerprint density at radius 2 is 1.93 bits per heavy atom. The number of H-pyrrole nitrogens is 1. The fourth-order valence-corrected chi connectivity index (χ4v) is 3.37. The summed E-state index contributed by atoms with van der Waals surface area (Å²) in [5.74, 6) is 2.28. The number of fused-ring (bicyclic) bond motifs is 1. The molecule has 0 aliphatic carbocycles. The topological polar surface area (TPSA) is 240 Å². The predicted molar refractivity (Wildman–Crippen MR) is 145 cm³/mol. The number of benzene rings is 1. The van der Waals surface area contributed by atoms with E-state index in [9.17, 15) is 19.2 Å². The number of amides is 2. The molecule has 0 radical (unpaired) electrons. The van der Waals surface area contributed by atoms with Crippen molar-refractivity contribution in [3.05, 3.63) is 52.1 Å². The molecule has 40 heavy (non-hydrogen) atoms. The Bertz CT molecular complexity index is 1460. The van der Waals surface area contributed by atoms with Crippen molar-refractivity contribution in [2.24, 2.45) is 5.73 Å². The van der Waals surface area contributed by atoms with Crippen molar-refractivity contribution in [2.75, 3.05) is 37.4 Å². The summed E-state index contributed by atoms with van der Waals surface area (Å²) in [6, 6.07) is 5.60. The summed E-state index contributed by atoms with van der Waals surface area (Å²) in [4.78, 5) is 62.4. The van der Waals surface area contributed by atoms with Crippen LogP contribution in [0.15, 0.2) is 35.3 Å². The number of aromatic amines is 1. The van der Waals surface area contributed by atoms with Crippen molar-refractivity contribution in [1.29, 1.82) is 0 Å². The lowest BCUT2D eigenvalue weighted by molar-refractivity contribution is -0.130. The van der Waals surface area contributed by atoms with Crippen LogP contribution in [0.5, 0.6) is 0 Å². The molecule has 1 atom stereocenters. The zero-order valence-electron chi connectivity index (χ0n) is 21.4. The first-order chi connectivity index (χ1) is 19.2. The van der Waals surface area contributed by atoms with Crippen LogP contribution < -0.4 is 33.0 Å². The van der Waals surface area contributed by atoms with E-state index in [1.165, 1.54) is 6.20 Å². The van der Waals surface area contributed by atoms with Gasteiger partial charge in [-0.25, -0.2) is 14.8 Å². The maximum absolute atomic E-state index is 12.7. The number of nitrogens with two attached hydrogens (primary N) is 2. The second-order valence-corrected chi connectivity index (χ2v) is 8.31. The molecular formula is C25H29N9O6. The lowest BCUT2D eigenvalue weighted by atomic mass is 10.1. The number of nitrogens with zero attached hydrogens (tertiary/aromatic N) is 3. The van der Waals surface area contributed by atoms with Crippen LogP contribution in [0.25, 0.3) is 11.2 Å². The highest BCUT2D eigenvalue weighted by molar-refractivity contribution is 5.95. The van der Waals surface area contributed by atoms with Gasteiger partial charge in [-0.2, -0.15) is 4.98 Å². The van der Waals surface area contributed by atoms with Gasteiger partial charge in [-0.3, -0.25) is 19.4 Å². The number of carbonyl (C=O) groups is 3. The minimum Gasteiger partial charge on any atom is -0.472 e. The number of carboxylic acids is 1. The van der Waals surface area contributed by atoms with Gasteiger partial charge >= 0.3 is 5.97 Å². The van der Waals surface area contributed by atoms with Gasteiger partial charge in [0, 0.05) is 36.7 Å². The minimum absolute atomic E-state index is 0.0198. The number of nitrogens with one attached hydrogen (secondary N) is 4. The number of carbonyl (C=O) groups excluding carboxylic acids is 2. The number of anilines is 2. The number of carboxylic acid groups (broad SMARTS) is 1. The Hall–Kier alpha value is -5.07. The third-order valence-corrected chi connectivity index (χ3v) is 5.26. The Kier molecular flexibility index (Phi) is 10.9. The quantitative estimate of drug-likeness (QED) is 0.0996. The van der Waals surface area contributed by atoms with Gasteiger partial charge in [0.2, 0.25) is 11.9 Å². The maximum atomic E-state index is 12.7. The Labute approximate surface area is 228 Å². The van der Waals surface area contributed by atoms with E-state index in [4.69, 9.17) is 21.3 Å². The molecule has 0 bridgehead atoms. The van der Waals surface area contributed by atoms with Crippen LogP contribution in [0.1, 0.15) is 28.9 Å². The van der Waals surface area contributed by atoms with Crippen LogP contribution >= 0.6 is 0 Å². The summed E-state index contributed by atoms with van der Waals surface area (Å²) in [6.45, 7) is 1.63. The average molecular weight is 552 g/mol. The van der Waals surface area contributed by atoms with E-state index in [2.05, 4.69) is 41.8 Å². The van der Waals surface area contributed by atoms with Crippen molar-refractivity contribution in [3.63, 3.8) is 0 Å². The molecule has 0 aliphatic heterocycles. The van der Waals surface area contributed by atoms with Crippen LogP contribution in [-0.2, 0) is 20.9 Å². The molecule has 2 amide bonds. The third kappa shape index (κ3) is 9.35. The van der Waals surface area contributed by atoms with Crippen LogP contribution in [0.3, 0.4) is 0 Å². The standard InChI is InChI=1S/C25H29N9O6/c26-9-11-40-12-10-28-19(35)7-5-17(6-8-20(36)37)32-23(38)15-1-3-16(4-2-15)29-13-18-14-30-22-21(31-18)24(39)34-25(27)33-22/h1-4,14,17,29H,5,7,9-13,26H2,(H,28,35)(H,32,38)(H,36,37)(H3,27,30,33,34,39)/t17-/m0/s1. The van der Waals surface area contributed by atoms with Crippen LogP contribution in [0.4, 0.5) is 11.6 Å². The van der Waals surface area contributed by atoms with Gasteiger partial charge < -0.3 is 37.3 Å². The summed E-state index contributed by atoms with van der Waals surface area (Å²) in [6.07, 6.45) is 1.60. The third-order valence-electron chi connectivity index (χ3n) is 5.26. The van der Waals surface area contributed by atoms with Crippen LogP contribution in [-0.4, -0.2) is 75.2 Å². The molecule has 0 saturated heterocycles. The molecule has 3 rings (SSSR count). The highest BCUT2D eigenvalue weighted by Gasteiger charge is 2.14. The molecule has 0 spiro atoms. The second kappa shape index (κ2) is 14.8. The van der Waals surface area contributed by atoms with Gasteiger partial charge in [0.1, 0.15) is 0 Å². The molecule has 0 fully saturated rings. The van der Waals surface area contributed by atoms with Gasteiger partial charge in [-0.05, 0) is 30.7 Å². The van der Waals surface area contributed by atoms with E-state index in [0.717, 1.165) is 0 Å². The van der Waals surface area contributed by atoms with Gasteiger partial charge in [-0.15, -0.1) is 0 Å². The highest BCUT2D eigenvalue weighted by Crippen LogP contribution is 2.12. The summed E-state index contributed by atoms with van der Waals surface area (Å²) < 4.78 is 5.18. The number of ether oxygens (including phenoxy) is 1. The molecule has 3 aromatic rings. The van der Waals surface area contributed by atoms with E-state index in [-0.39, 0.29) is 42.4 Å². The Morgan fingerprint density at radius 1 is 1.15 bits per heavy atom. The number of hydrogen-bond acceptors (Lipinski definition) is 11. The van der Waals surface area contributed by atoms with Crippen LogP contribution in [0, 0.1) is 11.8 Å². The largest absolute Gasteiger partial charge is 0.472 e. The SMILES string of the molecule is NCCOCCNC(=O)CC[C@@H](C#CC(=O)O)NC(=O)c1ccc(NCc2cnc3nc(N)[nH]c(=O)c3n2)cc1. The van der Waals surface area contributed by atoms with Crippen molar-refractivity contribution in [3.8, 4) is 11.8 Å². The lowest BCUT2D eigenvalue weighted by Gasteiger charge is -2.14. The van der Waals surface area contributed by atoms with Crippen molar-refractivity contribution in [2.45, 2.75) is 25.4 Å². The Morgan fingerprint density at radius 3 is 2.65 bits per heavy atom. The molecule has 210 valence electrons. The summed E-state index contributed by atoms with van der Waals surface area (Å²) in [5.41, 5.74) is 12.0. The number of hydrogen-bond donors (Lipinski definition) is 7. The molecular weight excluding hydrogens is 522 g/mol. The van der Waals surface area contributed by atoms with Crippen molar-refractivity contribution < 1.29 is 24.2 Å². The maximum Gasteiger partial charge on any atom is 0.381 e. The van der Waals surface area contributed by atoms with E-state index in [1.54, 1.807) is 24.3 Å². The number of nitrogen functional groups attached to an aromatic ring is 1. The molecule has 15 heteroatoms. The van der Waals surface area contributed by atoms with Crippen molar-refractivity contribution in [1.82, 2.24) is 30.6 Å². The van der Waals surface area contributed by atoms with Crippen molar-refractivity contribution >= 4 is 40.6 Å². The molecule has 15 nitrogen and oxygen atoms in total. The smallest absolute Gasteiger partial charge is 0.381 e. The fourth-order valence-electron chi connectivity index (χ4n) is 3.37. The van der Waals surface area contributed by atoms with E-state index in [1.807, 2.05) is 5.92 Å². The van der Waals surface area contributed by atoms with Gasteiger partial charge in [-0.1, -0.05) is 5.92 Å². The first-order valence-electron chi connectivity index (χ1n) is 12.2. The van der Waals surface area contributed by atoms with Crippen LogP contribution in [0.2, 0.25) is 0 Å². The van der Waals surface area contributed by atoms with E-state index in [0.29, 0.717) is 43.2 Å². The van der Waals surface area contributed by atoms with E-state index < -0.39 is 23.5 Å². The van der Waals surface area contributed by atoms with Gasteiger partial charge in [0.05, 0.1) is 37.7 Å². The van der Waals surface area contributed by atoms with E-state index >= 15 is 0 Å². The predicted octanol–water partition coefficient (Wildman–Crippen LogP) is -1.03. The molecule has 2 heterocycles. The van der Waals surface area contributed by atoms with Gasteiger partial charge in [0.25, 0.3) is 11.5 Å². The first-order valence-corrected chi connectivity index (χ1v) is 12.2. The molecule has 1 aromatic carbocycles. The fraction of sp³-hybridized carbons (Fsp3) is 0.320. The first kappa shape index (κ1) is 29.5. The van der Waals surface area contributed by atoms with Gasteiger partial charge in [0.15, 0.2) is 11.2 Å².